The van der Waals surface area contributed by atoms with Gasteiger partial charge in [0.25, 0.3) is 0 Å². The number of nitrogens with zero attached hydrogens (tertiary/aromatic N) is 6. The molecule has 3 aromatic rings. The molecule has 2 aliphatic rings. The minimum Gasteiger partial charge on any atom is -0.460 e. The Morgan fingerprint density at radius 2 is 1.97 bits per heavy atom. The van der Waals surface area contributed by atoms with Gasteiger partial charge in [-0.25, -0.2) is 15.0 Å². The van der Waals surface area contributed by atoms with Crippen molar-refractivity contribution in [3.63, 3.8) is 0 Å². The van der Waals surface area contributed by atoms with Crippen molar-refractivity contribution < 1.29 is 9.47 Å². The van der Waals surface area contributed by atoms with Gasteiger partial charge >= 0.3 is 6.01 Å². The maximum atomic E-state index is 6.06. The minimum absolute atomic E-state index is 0.191. The van der Waals surface area contributed by atoms with Crippen LogP contribution in [0.1, 0.15) is 31.4 Å². The molecular formula is C22H27N7O2S. The summed E-state index contributed by atoms with van der Waals surface area (Å²) in [5, 5.41) is 3.94. The molecule has 1 saturated heterocycles. The number of thiazole rings is 1. The lowest BCUT2D eigenvalue weighted by Crippen LogP contribution is -2.47. The predicted molar refractivity (Wildman–Crippen MR) is 122 cm³/mol. The Hall–Kier alpha value is -2.69. The molecule has 32 heavy (non-hydrogen) atoms. The molecule has 168 valence electrons. The third-order valence-corrected chi connectivity index (χ3v) is 6.89. The molecule has 5 rings (SSSR count). The van der Waals surface area contributed by atoms with Crippen LogP contribution in [0.3, 0.4) is 0 Å². The largest absolute Gasteiger partial charge is 0.460 e. The number of aromatic nitrogens is 5. The summed E-state index contributed by atoms with van der Waals surface area (Å²) in [6.07, 6.45) is 11.6. The van der Waals surface area contributed by atoms with Crippen molar-refractivity contribution in [2.75, 3.05) is 32.6 Å². The van der Waals surface area contributed by atoms with Crippen LogP contribution in [0.25, 0.3) is 10.6 Å². The van der Waals surface area contributed by atoms with E-state index in [1.165, 1.54) is 11.3 Å². The first-order valence-electron chi connectivity index (χ1n) is 10.8. The number of ether oxygens (including phenoxy) is 2. The highest BCUT2D eigenvalue weighted by atomic mass is 32.1. The number of hydrogen-bond donors (Lipinski definition) is 1. The van der Waals surface area contributed by atoms with Gasteiger partial charge in [0.15, 0.2) is 10.9 Å². The van der Waals surface area contributed by atoms with Crippen LogP contribution in [0.2, 0.25) is 0 Å². The zero-order chi connectivity index (χ0) is 22.0. The second-order valence-corrected chi connectivity index (χ2v) is 9.80. The molecule has 2 fully saturated rings. The van der Waals surface area contributed by atoms with Gasteiger partial charge in [0.05, 0.1) is 28.7 Å². The number of anilines is 2. The molecule has 1 aliphatic heterocycles. The molecule has 0 atom stereocenters. The zero-order valence-electron chi connectivity index (χ0n) is 18.3. The van der Waals surface area contributed by atoms with Crippen molar-refractivity contribution in [1.29, 1.82) is 0 Å². The molecule has 1 saturated carbocycles. The van der Waals surface area contributed by atoms with Gasteiger partial charge in [-0.05, 0) is 51.3 Å². The van der Waals surface area contributed by atoms with Gasteiger partial charge in [-0.1, -0.05) is 11.3 Å². The van der Waals surface area contributed by atoms with Gasteiger partial charge in [0, 0.05) is 32.2 Å². The van der Waals surface area contributed by atoms with Crippen LogP contribution in [0, 0.1) is 5.41 Å². The molecule has 10 heteroatoms. The van der Waals surface area contributed by atoms with Crippen LogP contribution >= 0.6 is 11.3 Å². The summed E-state index contributed by atoms with van der Waals surface area (Å²) in [6.45, 7) is 2.49. The first-order valence-corrected chi connectivity index (χ1v) is 11.6. The van der Waals surface area contributed by atoms with E-state index in [1.54, 1.807) is 24.8 Å². The van der Waals surface area contributed by atoms with Crippen molar-refractivity contribution >= 4 is 22.3 Å². The first kappa shape index (κ1) is 21.2. The molecule has 0 bridgehead atoms. The minimum atomic E-state index is 0.191. The van der Waals surface area contributed by atoms with Crippen LogP contribution in [0.15, 0.2) is 30.9 Å². The van der Waals surface area contributed by atoms with E-state index < -0.39 is 0 Å². The first-order chi connectivity index (χ1) is 15.6. The smallest absolute Gasteiger partial charge is 0.317 e. The summed E-state index contributed by atoms with van der Waals surface area (Å²) in [5.74, 6) is 0.659. The molecule has 9 nitrogen and oxygen atoms in total. The quantitative estimate of drug-likeness (QED) is 0.576. The highest BCUT2D eigenvalue weighted by Gasteiger charge is 2.46. The fourth-order valence-electron chi connectivity index (χ4n) is 4.27. The molecule has 0 amide bonds. The summed E-state index contributed by atoms with van der Waals surface area (Å²) >= 11 is 1.50. The second kappa shape index (κ2) is 9.05. The molecule has 1 spiro atoms. The molecule has 3 aromatic heterocycles. The van der Waals surface area contributed by atoms with Crippen molar-refractivity contribution in [3.05, 3.63) is 36.5 Å². The Labute approximate surface area is 191 Å². The van der Waals surface area contributed by atoms with E-state index in [0.717, 1.165) is 66.8 Å². The molecule has 1 N–H and O–H groups in total. The maximum absolute atomic E-state index is 6.06. The van der Waals surface area contributed by atoms with Gasteiger partial charge in [-0.3, -0.25) is 4.98 Å². The van der Waals surface area contributed by atoms with Crippen LogP contribution in [-0.4, -0.2) is 63.2 Å². The Morgan fingerprint density at radius 1 is 1.12 bits per heavy atom. The van der Waals surface area contributed by atoms with Crippen LogP contribution in [0.5, 0.6) is 6.01 Å². The average molecular weight is 454 g/mol. The van der Waals surface area contributed by atoms with Crippen LogP contribution in [-0.2, 0) is 11.3 Å². The Bertz CT molecular complexity index is 1040. The molecule has 1 aliphatic carbocycles. The summed E-state index contributed by atoms with van der Waals surface area (Å²) in [4.78, 5) is 25.2. The Balaban J connectivity index is 1.20. The van der Waals surface area contributed by atoms with E-state index in [0.29, 0.717) is 17.2 Å². The van der Waals surface area contributed by atoms with E-state index in [1.807, 2.05) is 20.2 Å². The van der Waals surface area contributed by atoms with Gasteiger partial charge in [0.1, 0.15) is 6.10 Å². The van der Waals surface area contributed by atoms with Crippen molar-refractivity contribution in [2.24, 2.45) is 5.41 Å². The maximum Gasteiger partial charge on any atom is 0.317 e. The molecule has 4 heterocycles. The lowest BCUT2D eigenvalue weighted by atomic mass is 9.62. The van der Waals surface area contributed by atoms with Gasteiger partial charge in [0.2, 0.25) is 0 Å². The highest BCUT2D eigenvalue weighted by molar-refractivity contribution is 7.18. The van der Waals surface area contributed by atoms with E-state index in [9.17, 15) is 0 Å². The molecule has 0 aromatic carbocycles. The topological polar surface area (TPSA) is 98.2 Å². The standard InChI is InChI=1S/C22H27N7O2S/c1-29(2)14-15-11-25-19(13-24-15)28-21-26-12-18(32-21)17-3-6-23-20(27-17)31-16-9-22(10-16)4-7-30-8-5-22/h3,6,11-13,16H,4-5,7-10,14H2,1-2H3,(H,25,26,28). The summed E-state index contributed by atoms with van der Waals surface area (Å²) in [6, 6.07) is 2.31. The van der Waals surface area contributed by atoms with Crippen LogP contribution in [0.4, 0.5) is 10.9 Å². The zero-order valence-corrected chi connectivity index (χ0v) is 19.1. The summed E-state index contributed by atoms with van der Waals surface area (Å²) < 4.78 is 11.6. The van der Waals surface area contributed by atoms with Gasteiger partial charge in [-0.15, -0.1) is 0 Å². The molecular weight excluding hydrogens is 426 g/mol. The average Bonchev–Trinajstić information content (AvgIpc) is 3.23. The fraction of sp³-hybridized carbons (Fsp3) is 0.500. The third-order valence-electron chi connectivity index (χ3n) is 5.96. The predicted octanol–water partition coefficient (Wildman–Crippen LogP) is 3.53. The highest BCUT2D eigenvalue weighted by Crippen LogP contribution is 2.49. The van der Waals surface area contributed by atoms with Gasteiger partial charge < -0.3 is 19.7 Å². The number of rotatable bonds is 7. The lowest BCUT2D eigenvalue weighted by molar-refractivity contribution is -0.0880. The monoisotopic (exact) mass is 453 g/mol. The third kappa shape index (κ3) is 4.87. The van der Waals surface area contributed by atoms with Crippen LogP contribution < -0.4 is 10.1 Å². The van der Waals surface area contributed by atoms with Crippen molar-refractivity contribution in [3.8, 4) is 16.6 Å². The normalized spacial score (nSPS) is 18.0. The molecule has 0 radical (unpaired) electrons. The number of nitrogens with one attached hydrogen (secondary N) is 1. The lowest BCUT2D eigenvalue weighted by Gasteiger charge is -2.49. The van der Waals surface area contributed by atoms with E-state index in [4.69, 9.17) is 9.47 Å². The SMILES string of the molecule is CN(C)Cc1cnc(Nc2ncc(-c3ccnc(OC4CC5(CCOCC5)C4)n3)s2)cn1. The molecule has 0 unspecified atom stereocenters. The fourth-order valence-corrected chi connectivity index (χ4v) is 5.06. The van der Waals surface area contributed by atoms with E-state index >= 15 is 0 Å². The summed E-state index contributed by atoms with van der Waals surface area (Å²) in [7, 11) is 4.01. The van der Waals surface area contributed by atoms with E-state index in [2.05, 4.69) is 35.1 Å². The van der Waals surface area contributed by atoms with Crippen molar-refractivity contribution in [2.45, 2.75) is 38.3 Å². The second-order valence-electron chi connectivity index (χ2n) is 8.77. The summed E-state index contributed by atoms with van der Waals surface area (Å²) in [5.41, 5.74) is 2.13. The van der Waals surface area contributed by atoms with Crippen molar-refractivity contribution in [1.82, 2.24) is 29.8 Å². The van der Waals surface area contributed by atoms with E-state index in [-0.39, 0.29) is 6.10 Å². The Morgan fingerprint density at radius 3 is 2.72 bits per heavy atom. The Kier molecular flexibility index (Phi) is 5.99. The number of hydrogen-bond acceptors (Lipinski definition) is 10. The van der Waals surface area contributed by atoms with Gasteiger partial charge in [-0.2, -0.15) is 4.98 Å².